The lowest BCUT2D eigenvalue weighted by molar-refractivity contribution is -0.136. The Kier molecular flexibility index (Phi) is 11.5. The van der Waals surface area contributed by atoms with E-state index in [2.05, 4.69) is 54.1 Å². The second-order valence-corrected chi connectivity index (χ2v) is 19.7. The van der Waals surface area contributed by atoms with Crippen LogP contribution >= 0.6 is 0 Å². The number of carbonyl (C=O) groups excluding carboxylic acids is 4. The first-order valence-corrected chi connectivity index (χ1v) is 24.0. The molecule has 338 valence electrons. The molecule has 3 amide bonds. The number of nitrogens with one attached hydrogen (secondary N) is 3. The minimum atomic E-state index is -4.08. The van der Waals surface area contributed by atoms with Crippen molar-refractivity contribution < 1.29 is 36.4 Å². The van der Waals surface area contributed by atoms with Crippen LogP contribution in [0.3, 0.4) is 0 Å². The Labute approximate surface area is 375 Å². The Balaban J connectivity index is 0.729. The van der Waals surface area contributed by atoms with Crippen molar-refractivity contribution in [3.8, 4) is 11.1 Å². The number of rotatable bonds is 11. The van der Waals surface area contributed by atoms with Gasteiger partial charge in [-0.2, -0.15) is 12.7 Å². The summed E-state index contributed by atoms with van der Waals surface area (Å²) in [5.74, 6) is -3.13. The minimum absolute atomic E-state index is 0.00923. The summed E-state index contributed by atoms with van der Waals surface area (Å²) >= 11 is 0. The maximum absolute atomic E-state index is 15.8. The minimum Gasteiger partial charge on any atom is -0.372 e. The quantitative estimate of drug-likeness (QED) is 0.101. The molecule has 7 heterocycles. The molecule has 1 atom stereocenters. The fraction of sp³-hybridized carbons (Fsp3) is 0.396. The zero-order valence-electron chi connectivity index (χ0n) is 35.8. The molecule has 0 saturated carbocycles. The molecule has 3 aromatic carbocycles. The summed E-state index contributed by atoms with van der Waals surface area (Å²) in [7, 11) is -4.08. The summed E-state index contributed by atoms with van der Waals surface area (Å²) in [5, 5.41) is 2.75. The van der Waals surface area contributed by atoms with Gasteiger partial charge in [0, 0.05) is 85.8 Å². The number of imide groups is 1. The summed E-state index contributed by atoms with van der Waals surface area (Å²) in [6, 6.07) is 17.3. The molecule has 0 bridgehead atoms. The normalized spacial score (nSPS) is 20.5. The molecule has 4 saturated heterocycles. The van der Waals surface area contributed by atoms with Crippen LogP contribution in [0.25, 0.3) is 22.2 Å². The smallest absolute Gasteiger partial charge is 0.301 e. The molecule has 14 nitrogen and oxygen atoms in total. The second kappa shape index (κ2) is 17.4. The molecule has 5 aliphatic rings. The van der Waals surface area contributed by atoms with E-state index in [9.17, 15) is 27.6 Å². The Morgan fingerprint density at radius 1 is 0.846 bits per heavy atom. The Bertz CT molecular complexity index is 2810. The van der Waals surface area contributed by atoms with E-state index in [4.69, 9.17) is 0 Å². The number of H-pyrrole nitrogens is 1. The van der Waals surface area contributed by atoms with Gasteiger partial charge >= 0.3 is 10.2 Å². The summed E-state index contributed by atoms with van der Waals surface area (Å²) in [5.41, 5.74) is 4.57. The number of hydrogen-bond donors (Lipinski definition) is 3. The molecule has 5 aliphatic heterocycles. The van der Waals surface area contributed by atoms with Crippen LogP contribution in [-0.2, 0) is 26.3 Å². The molecule has 17 heteroatoms. The van der Waals surface area contributed by atoms with E-state index in [0.29, 0.717) is 67.3 Å². The third kappa shape index (κ3) is 8.40. The van der Waals surface area contributed by atoms with E-state index in [1.165, 1.54) is 16.1 Å². The molecule has 5 aromatic rings. The Morgan fingerprint density at radius 3 is 2.34 bits per heavy atom. The van der Waals surface area contributed by atoms with Gasteiger partial charge in [0.2, 0.25) is 17.6 Å². The zero-order chi connectivity index (χ0) is 45.0. The standard InChI is InChI=1S/C48H50F2N8O6S/c49-39-9-10-40(54-65(63,64)57-17-1-2-18-57)44(50)43(39)45(60)38-26-52-46-37(38)24-33(25-51-46)30-3-6-35(7-4-30)56-21-13-29(14-22-56)27-55-19-15-31(16-20-55)32-5-8-36-34(23-32)28-58(48(36)62)41-11-12-42(59)53-47(41)61/h3-10,23-26,29,31,41,54H,1-2,11-22,27-28H2,(H,51,52)(H,53,59,61)/t41-/m0/s1. The molecular weight excluding hydrogens is 855 g/mol. The van der Waals surface area contributed by atoms with Crippen molar-refractivity contribution in [1.29, 1.82) is 0 Å². The van der Waals surface area contributed by atoms with E-state index >= 15 is 8.78 Å². The van der Waals surface area contributed by atoms with E-state index in [-0.39, 0.29) is 23.8 Å². The van der Waals surface area contributed by atoms with Crippen molar-refractivity contribution in [2.75, 3.05) is 55.4 Å². The van der Waals surface area contributed by atoms with Crippen molar-refractivity contribution in [3.05, 3.63) is 113 Å². The fourth-order valence-corrected chi connectivity index (χ4v) is 11.7. The van der Waals surface area contributed by atoms with Crippen LogP contribution in [0.5, 0.6) is 0 Å². The third-order valence-electron chi connectivity index (χ3n) is 14.0. The number of ketones is 1. The van der Waals surface area contributed by atoms with E-state index < -0.39 is 50.8 Å². The van der Waals surface area contributed by atoms with Crippen LogP contribution < -0.4 is 14.9 Å². The molecule has 10 rings (SSSR count). The van der Waals surface area contributed by atoms with Crippen molar-refractivity contribution in [2.24, 2.45) is 5.92 Å². The average Bonchev–Trinajstić information content (AvgIpc) is 4.08. The highest BCUT2D eigenvalue weighted by atomic mass is 32.2. The van der Waals surface area contributed by atoms with E-state index in [1.807, 2.05) is 18.2 Å². The number of nitrogens with zero attached hydrogens (tertiary/aromatic N) is 5. The van der Waals surface area contributed by atoms with Gasteiger partial charge in [-0.15, -0.1) is 0 Å². The predicted molar refractivity (Wildman–Crippen MR) is 241 cm³/mol. The number of anilines is 2. The number of likely N-dealkylation sites (tertiary alicyclic amines) is 1. The molecule has 65 heavy (non-hydrogen) atoms. The van der Waals surface area contributed by atoms with Crippen LogP contribution in [0.4, 0.5) is 20.2 Å². The van der Waals surface area contributed by atoms with Gasteiger partial charge in [0.1, 0.15) is 17.5 Å². The number of amides is 3. The van der Waals surface area contributed by atoms with Crippen LogP contribution in [0.1, 0.15) is 94.7 Å². The molecule has 0 radical (unpaired) electrons. The summed E-state index contributed by atoms with van der Waals surface area (Å²) < 4.78 is 60.0. The van der Waals surface area contributed by atoms with Crippen molar-refractivity contribution in [3.63, 3.8) is 0 Å². The number of carbonyl (C=O) groups is 4. The highest BCUT2D eigenvalue weighted by Crippen LogP contribution is 2.36. The van der Waals surface area contributed by atoms with Crippen molar-refractivity contribution in [2.45, 2.75) is 69.9 Å². The Hall–Kier alpha value is -6.04. The van der Waals surface area contributed by atoms with E-state index in [0.717, 1.165) is 92.9 Å². The first kappa shape index (κ1) is 42.9. The van der Waals surface area contributed by atoms with Crippen LogP contribution in [0.2, 0.25) is 0 Å². The average molecular weight is 905 g/mol. The first-order valence-electron chi connectivity index (χ1n) is 22.5. The second-order valence-electron chi connectivity index (χ2n) is 18.0. The number of hydrogen-bond acceptors (Lipinski definition) is 9. The lowest BCUT2D eigenvalue weighted by atomic mass is 9.87. The third-order valence-corrected chi connectivity index (χ3v) is 15.6. The summed E-state index contributed by atoms with van der Waals surface area (Å²) in [4.78, 5) is 65.1. The topological polar surface area (TPSA) is 168 Å². The zero-order valence-corrected chi connectivity index (χ0v) is 36.6. The monoisotopic (exact) mass is 904 g/mol. The largest absolute Gasteiger partial charge is 0.372 e. The first-order chi connectivity index (χ1) is 31.4. The van der Waals surface area contributed by atoms with E-state index in [1.54, 1.807) is 17.2 Å². The number of piperidine rings is 3. The lowest BCUT2D eigenvalue weighted by Gasteiger charge is -2.38. The summed E-state index contributed by atoms with van der Waals surface area (Å²) in [6.07, 6.45) is 9.28. The van der Waals surface area contributed by atoms with Crippen LogP contribution in [0.15, 0.2) is 73.1 Å². The lowest BCUT2D eigenvalue weighted by Crippen LogP contribution is -2.52. The molecule has 0 unspecified atom stereocenters. The van der Waals surface area contributed by atoms with Gasteiger partial charge < -0.3 is 19.7 Å². The van der Waals surface area contributed by atoms with Gasteiger partial charge in [-0.3, -0.25) is 29.2 Å². The number of benzene rings is 3. The van der Waals surface area contributed by atoms with Crippen LogP contribution in [0, 0.1) is 17.6 Å². The van der Waals surface area contributed by atoms with Gasteiger partial charge in [-0.05, 0) is 123 Å². The summed E-state index contributed by atoms with van der Waals surface area (Å²) in [6.45, 7) is 5.99. The highest BCUT2D eigenvalue weighted by molar-refractivity contribution is 7.90. The number of halogens is 2. The number of fused-ring (bicyclic) bond motifs is 2. The van der Waals surface area contributed by atoms with Crippen LogP contribution in [-0.4, -0.2) is 108 Å². The van der Waals surface area contributed by atoms with Gasteiger partial charge in [-0.1, -0.05) is 24.3 Å². The van der Waals surface area contributed by atoms with Gasteiger partial charge in [0.05, 0.1) is 11.3 Å². The van der Waals surface area contributed by atoms with Gasteiger partial charge in [0.25, 0.3) is 5.91 Å². The Morgan fingerprint density at radius 2 is 1.60 bits per heavy atom. The molecule has 2 aromatic heterocycles. The van der Waals surface area contributed by atoms with Crippen molar-refractivity contribution in [1.82, 2.24) is 29.4 Å². The number of pyridine rings is 1. The fourth-order valence-electron chi connectivity index (χ4n) is 10.4. The maximum atomic E-state index is 15.8. The molecule has 4 fully saturated rings. The number of aromatic nitrogens is 2. The molecular formula is C48H50F2N8O6S. The highest BCUT2D eigenvalue weighted by Gasteiger charge is 2.39. The van der Waals surface area contributed by atoms with Gasteiger partial charge in [0.15, 0.2) is 5.82 Å². The molecule has 0 aliphatic carbocycles. The predicted octanol–water partition coefficient (Wildman–Crippen LogP) is 6.35. The molecule has 3 N–H and O–H groups in total. The number of aromatic amines is 1. The SMILES string of the molecule is O=C1CC[C@H](N2Cc3cc(C4CCN(CC5CCN(c6ccc(-c7cnc8[nH]cc(C(=O)c9c(F)ccc(NS(=O)(=O)N%10CCCC%10)c9F)c8c7)cc6)CC5)CC4)ccc3C2=O)C(=O)N1. The van der Waals surface area contributed by atoms with Crippen molar-refractivity contribution >= 4 is 56.1 Å². The van der Waals surface area contributed by atoms with Gasteiger partial charge in [-0.25, -0.2) is 13.8 Å². The maximum Gasteiger partial charge on any atom is 0.301 e. The molecule has 0 spiro atoms.